The lowest BCUT2D eigenvalue weighted by Gasteiger charge is -2.18. The fourth-order valence-corrected chi connectivity index (χ4v) is 3.96. The van der Waals surface area contributed by atoms with Crippen LogP contribution in [0.5, 0.6) is 0 Å². The SMILES string of the molecule is CCCCn1nnnc1COC(=O)c1ccc(S(=O)(=O)N(CC)CC)cc1. The maximum atomic E-state index is 12.5. The number of esters is 1. The van der Waals surface area contributed by atoms with Crippen LogP contribution in [0.1, 0.15) is 49.8 Å². The van der Waals surface area contributed by atoms with Gasteiger partial charge in [0.1, 0.15) is 0 Å². The Morgan fingerprint density at radius 1 is 1.15 bits per heavy atom. The first-order chi connectivity index (χ1) is 12.9. The van der Waals surface area contributed by atoms with E-state index in [9.17, 15) is 13.2 Å². The summed E-state index contributed by atoms with van der Waals surface area (Å²) in [6.45, 7) is 7.00. The molecular weight excluding hydrogens is 370 g/mol. The van der Waals surface area contributed by atoms with Gasteiger partial charge in [0.2, 0.25) is 10.0 Å². The summed E-state index contributed by atoms with van der Waals surface area (Å²) < 4.78 is 33.1. The second-order valence-electron chi connectivity index (χ2n) is 5.86. The van der Waals surface area contributed by atoms with Gasteiger partial charge in [-0.05, 0) is 41.1 Å². The molecule has 2 rings (SSSR count). The quantitative estimate of drug-likeness (QED) is 0.565. The Bertz CT molecular complexity index is 844. The van der Waals surface area contributed by atoms with E-state index in [0.717, 1.165) is 12.8 Å². The highest BCUT2D eigenvalue weighted by molar-refractivity contribution is 7.89. The molecule has 0 saturated carbocycles. The van der Waals surface area contributed by atoms with Gasteiger partial charge < -0.3 is 4.74 Å². The first-order valence-electron chi connectivity index (χ1n) is 8.96. The lowest BCUT2D eigenvalue weighted by Crippen LogP contribution is -2.30. The summed E-state index contributed by atoms with van der Waals surface area (Å²) >= 11 is 0. The summed E-state index contributed by atoms with van der Waals surface area (Å²) in [5.74, 6) is -0.0932. The lowest BCUT2D eigenvalue weighted by molar-refractivity contribution is 0.0456. The third-order valence-corrected chi connectivity index (χ3v) is 6.16. The monoisotopic (exact) mass is 395 g/mol. The van der Waals surface area contributed by atoms with E-state index in [4.69, 9.17) is 4.74 Å². The largest absolute Gasteiger partial charge is 0.454 e. The van der Waals surface area contributed by atoms with Crippen molar-refractivity contribution in [3.05, 3.63) is 35.7 Å². The van der Waals surface area contributed by atoms with E-state index in [-0.39, 0.29) is 17.1 Å². The van der Waals surface area contributed by atoms with Crippen LogP contribution in [0.3, 0.4) is 0 Å². The molecule has 1 heterocycles. The number of benzene rings is 1. The second kappa shape index (κ2) is 9.56. The van der Waals surface area contributed by atoms with Gasteiger partial charge in [0.25, 0.3) is 0 Å². The number of ether oxygens (including phenoxy) is 1. The Labute approximate surface area is 159 Å². The van der Waals surface area contributed by atoms with Crippen LogP contribution in [0.2, 0.25) is 0 Å². The number of unbranched alkanes of at least 4 members (excludes halogenated alkanes) is 1. The molecule has 0 N–H and O–H groups in total. The lowest BCUT2D eigenvalue weighted by atomic mass is 10.2. The van der Waals surface area contributed by atoms with E-state index in [1.165, 1.54) is 28.6 Å². The number of aromatic nitrogens is 4. The van der Waals surface area contributed by atoms with Crippen molar-refractivity contribution in [1.82, 2.24) is 24.5 Å². The van der Waals surface area contributed by atoms with E-state index in [0.29, 0.717) is 25.5 Å². The zero-order valence-electron chi connectivity index (χ0n) is 15.8. The van der Waals surface area contributed by atoms with Crippen LogP contribution >= 0.6 is 0 Å². The van der Waals surface area contributed by atoms with Crippen molar-refractivity contribution in [2.75, 3.05) is 13.1 Å². The third-order valence-electron chi connectivity index (χ3n) is 4.10. The molecule has 0 bridgehead atoms. The molecule has 0 radical (unpaired) electrons. The predicted molar refractivity (Wildman–Crippen MR) is 98.4 cm³/mol. The molecule has 0 saturated heterocycles. The molecule has 2 aromatic rings. The molecule has 0 fully saturated rings. The Balaban J connectivity index is 2.03. The number of rotatable bonds is 10. The van der Waals surface area contributed by atoms with Crippen molar-refractivity contribution >= 4 is 16.0 Å². The molecule has 0 aliphatic carbocycles. The number of aryl methyl sites for hydroxylation is 1. The van der Waals surface area contributed by atoms with Crippen LogP contribution in [0.25, 0.3) is 0 Å². The number of carbonyl (C=O) groups excluding carboxylic acids is 1. The molecule has 0 aliphatic rings. The molecule has 0 spiro atoms. The second-order valence-corrected chi connectivity index (χ2v) is 7.80. The smallest absolute Gasteiger partial charge is 0.338 e. The van der Waals surface area contributed by atoms with Crippen LogP contribution in [0.15, 0.2) is 29.2 Å². The minimum atomic E-state index is -3.55. The highest BCUT2D eigenvalue weighted by Gasteiger charge is 2.22. The van der Waals surface area contributed by atoms with Gasteiger partial charge in [-0.1, -0.05) is 27.2 Å². The molecular formula is C17H25N5O4S. The zero-order chi connectivity index (χ0) is 19.9. The average molecular weight is 395 g/mol. The van der Waals surface area contributed by atoms with Crippen molar-refractivity contribution in [3.63, 3.8) is 0 Å². The van der Waals surface area contributed by atoms with Gasteiger partial charge >= 0.3 is 5.97 Å². The molecule has 0 unspecified atom stereocenters. The van der Waals surface area contributed by atoms with Gasteiger partial charge in [-0.25, -0.2) is 17.9 Å². The minimum Gasteiger partial charge on any atom is -0.454 e. The number of tetrazole rings is 1. The summed E-state index contributed by atoms with van der Waals surface area (Å²) in [7, 11) is -3.55. The Morgan fingerprint density at radius 2 is 1.81 bits per heavy atom. The Kier molecular flexibility index (Phi) is 7.43. The highest BCUT2D eigenvalue weighted by Crippen LogP contribution is 2.17. The predicted octanol–water partition coefficient (Wildman–Crippen LogP) is 1.86. The van der Waals surface area contributed by atoms with Crippen LogP contribution < -0.4 is 0 Å². The summed E-state index contributed by atoms with van der Waals surface area (Å²) in [4.78, 5) is 12.4. The molecule has 1 aromatic carbocycles. The standard InChI is InChI=1S/C17H25N5O4S/c1-4-7-12-22-16(18-19-20-22)13-26-17(23)14-8-10-15(11-9-14)27(24,25)21(5-2)6-3/h8-11H,4-7,12-13H2,1-3H3. The van der Waals surface area contributed by atoms with E-state index in [1.807, 2.05) is 0 Å². The molecule has 27 heavy (non-hydrogen) atoms. The van der Waals surface area contributed by atoms with Gasteiger partial charge in [0.05, 0.1) is 10.5 Å². The number of sulfonamides is 1. The number of nitrogens with zero attached hydrogens (tertiary/aromatic N) is 5. The van der Waals surface area contributed by atoms with Gasteiger partial charge in [-0.2, -0.15) is 4.31 Å². The van der Waals surface area contributed by atoms with Gasteiger partial charge in [-0.15, -0.1) is 5.10 Å². The highest BCUT2D eigenvalue weighted by atomic mass is 32.2. The van der Waals surface area contributed by atoms with Crippen LogP contribution in [0, 0.1) is 0 Å². The van der Waals surface area contributed by atoms with Crippen molar-refractivity contribution in [2.24, 2.45) is 0 Å². The summed E-state index contributed by atoms with van der Waals surface area (Å²) in [6, 6.07) is 5.71. The first-order valence-corrected chi connectivity index (χ1v) is 10.4. The van der Waals surface area contributed by atoms with Crippen molar-refractivity contribution in [2.45, 2.75) is 51.7 Å². The number of carbonyl (C=O) groups is 1. The number of hydrogen-bond donors (Lipinski definition) is 0. The molecule has 0 amide bonds. The van der Waals surface area contributed by atoms with Crippen molar-refractivity contribution in [1.29, 1.82) is 0 Å². The zero-order valence-corrected chi connectivity index (χ0v) is 16.6. The Morgan fingerprint density at radius 3 is 2.41 bits per heavy atom. The van der Waals surface area contributed by atoms with Gasteiger partial charge in [0.15, 0.2) is 12.4 Å². The van der Waals surface area contributed by atoms with E-state index >= 15 is 0 Å². The van der Waals surface area contributed by atoms with Crippen molar-refractivity contribution < 1.29 is 17.9 Å². The molecule has 0 aliphatic heterocycles. The summed E-state index contributed by atoms with van der Waals surface area (Å²) in [5.41, 5.74) is 0.265. The van der Waals surface area contributed by atoms with Gasteiger partial charge in [-0.3, -0.25) is 0 Å². The maximum Gasteiger partial charge on any atom is 0.338 e. The van der Waals surface area contributed by atoms with E-state index < -0.39 is 16.0 Å². The first kappa shape index (κ1) is 21.0. The van der Waals surface area contributed by atoms with E-state index in [2.05, 4.69) is 22.4 Å². The van der Waals surface area contributed by atoms with E-state index in [1.54, 1.807) is 18.5 Å². The number of hydrogen-bond acceptors (Lipinski definition) is 7. The van der Waals surface area contributed by atoms with Gasteiger partial charge in [0, 0.05) is 19.6 Å². The molecule has 9 nitrogen and oxygen atoms in total. The summed E-state index contributed by atoms with van der Waals surface area (Å²) in [5, 5.41) is 11.3. The minimum absolute atomic E-state index is 0.0466. The maximum absolute atomic E-state index is 12.5. The normalized spacial score (nSPS) is 11.7. The van der Waals surface area contributed by atoms with Crippen LogP contribution in [0.4, 0.5) is 0 Å². The topological polar surface area (TPSA) is 107 Å². The Hall–Kier alpha value is -2.33. The fraction of sp³-hybridized carbons (Fsp3) is 0.529. The average Bonchev–Trinajstić information content (AvgIpc) is 3.12. The molecule has 10 heteroatoms. The van der Waals surface area contributed by atoms with Crippen LogP contribution in [-0.4, -0.2) is 52.0 Å². The fourth-order valence-electron chi connectivity index (χ4n) is 2.50. The summed E-state index contributed by atoms with van der Waals surface area (Å²) in [6.07, 6.45) is 1.93. The third kappa shape index (κ3) is 5.10. The molecule has 1 aromatic heterocycles. The van der Waals surface area contributed by atoms with Crippen molar-refractivity contribution in [3.8, 4) is 0 Å². The van der Waals surface area contributed by atoms with Crippen LogP contribution in [-0.2, 0) is 27.9 Å². The molecule has 148 valence electrons. The molecule has 0 atom stereocenters.